The largest absolute Gasteiger partial charge is 0.342 e. The van der Waals surface area contributed by atoms with Crippen molar-refractivity contribution in [2.45, 2.75) is 6.92 Å². The Bertz CT molecular complexity index is 464. The number of piperazine rings is 1. The van der Waals surface area contributed by atoms with Crippen LogP contribution in [0, 0.1) is 6.92 Å². The Labute approximate surface area is 117 Å². The summed E-state index contributed by atoms with van der Waals surface area (Å²) in [6, 6.07) is 3.69. The highest BCUT2D eigenvalue weighted by Gasteiger charge is 2.19. The number of hydrogen-bond acceptors (Lipinski definition) is 4. The van der Waals surface area contributed by atoms with E-state index >= 15 is 0 Å². The molecule has 5 nitrogen and oxygen atoms in total. The van der Waals surface area contributed by atoms with E-state index in [1.54, 1.807) is 11.0 Å². The Morgan fingerprint density at radius 3 is 2.53 bits per heavy atom. The minimum atomic E-state index is -0.166. The second kappa shape index (κ2) is 6.16. The van der Waals surface area contributed by atoms with Crippen molar-refractivity contribution >= 4 is 23.2 Å². The SMILES string of the molecule is Cc1ccc(C(=O)NCC(=O)N2CCN(C)CC2)s1. The molecule has 1 aliphatic heterocycles. The van der Waals surface area contributed by atoms with Crippen LogP contribution < -0.4 is 5.32 Å². The summed E-state index contributed by atoms with van der Waals surface area (Å²) in [6.07, 6.45) is 0. The number of likely N-dealkylation sites (N-methyl/N-ethyl adjacent to an activating group) is 1. The lowest BCUT2D eigenvalue weighted by Crippen LogP contribution is -2.50. The maximum absolute atomic E-state index is 11.9. The first kappa shape index (κ1) is 14.0. The minimum Gasteiger partial charge on any atom is -0.342 e. The van der Waals surface area contributed by atoms with Gasteiger partial charge in [0.1, 0.15) is 0 Å². The molecule has 19 heavy (non-hydrogen) atoms. The van der Waals surface area contributed by atoms with Gasteiger partial charge in [-0.1, -0.05) is 0 Å². The van der Waals surface area contributed by atoms with Gasteiger partial charge in [-0.2, -0.15) is 0 Å². The third-order valence-electron chi connectivity index (χ3n) is 3.22. The second-order valence-electron chi connectivity index (χ2n) is 4.78. The van der Waals surface area contributed by atoms with E-state index in [9.17, 15) is 9.59 Å². The third kappa shape index (κ3) is 3.78. The molecule has 1 aromatic heterocycles. The van der Waals surface area contributed by atoms with Gasteiger partial charge >= 0.3 is 0 Å². The molecular weight excluding hydrogens is 262 g/mol. The Balaban J connectivity index is 1.79. The summed E-state index contributed by atoms with van der Waals surface area (Å²) in [5, 5.41) is 2.69. The van der Waals surface area contributed by atoms with Gasteiger partial charge in [-0.15, -0.1) is 11.3 Å². The monoisotopic (exact) mass is 281 g/mol. The highest BCUT2D eigenvalue weighted by Crippen LogP contribution is 2.14. The number of carbonyl (C=O) groups is 2. The van der Waals surface area contributed by atoms with Gasteiger partial charge in [0.05, 0.1) is 11.4 Å². The van der Waals surface area contributed by atoms with Crippen LogP contribution >= 0.6 is 11.3 Å². The molecule has 0 aromatic carbocycles. The van der Waals surface area contributed by atoms with Gasteiger partial charge < -0.3 is 15.1 Å². The highest BCUT2D eigenvalue weighted by atomic mass is 32.1. The van der Waals surface area contributed by atoms with Crippen LogP contribution in [0.2, 0.25) is 0 Å². The second-order valence-corrected chi connectivity index (χ2v) is 6.06. The molecule has 0 atom stereocenters. The average Bonchev–Trinajstić information content (AvgIpc) is 2.83. The van der Waals surface area contributed by atoms with Crippen LogP contribution in [-0.2, 0) is 4.79 Å². The summed E-state index contributed by atoms with van der Waals surface area (Å²) in [4.78, 5) is 29.5. The van der Waals surface area contributed by atoms with E-state index in [1.165, 1.54) is 11.3 Å². The maximum Gasteiger partial charge on any atom is 0.261 e. The Morgan fingerprint density at radius 2 is 1.95 bits per heavy atom. The van der Waals surface area contributed by atoms with Crippen molar-refractivity contribution in [1.29, 1.82) is 0 Å². The van der Waals surface area contributed by atoms with Gasteiger partial charge in [0.25, 0.3) is 5.91 Å². The summed E-state index contributed by atoms with van der Waals surface area (Å²) in [5.41, 5.74) is 0. The van der Waals surface area contributed by atoms with Crippen LogP contribution in [0.15, 0.2) is 12.1 Å². The van der Waals surface area contributed by atoms with Gasteiger partial charge in [-0.05, 0) is 26.1 Å². The average molecular weight is 281 g/mol. The Morgan fingerprint density at radius 1 is 1.26 bits per heavy atom. The van der Waals surface area contributed by atoms with Crippen LogP contribution in [0.25, 0.3) is 0 Å². The number of rotatable bonds is 3. The van der Waals surface area contributed by atoms with E-state index in [-0.39, 0.29) is 18.4 Å². The van der Waals surface area contributed by atoms with E-state index in [0.717, 1.165) is 31.1 Å². The molecule has 0 aliphatic carbocycles. The van der Waals surface area contributed by atoms with Crippen LogP contribution in [0.3, 0.4) is 0 Å². The molecule has 0 bridgehead atoms. The predicted molar refractivity (Wildman–Crippen MR) is 75.5 cm³/mol. The van der Waals surface area contributed by atoms with Crippen molar-refractivity contribution in [2.24, 2.45) is 0 Å². The number of carbonyl (C=O) groups excluding carboxylic acids is 2. The van der Waals surface area contributed by atoms with Crippen LogP contribution in [0.5, 0.6) is 0 Å². The normalized spacial score (nSPS) is 16.4. The van der Waals surface area contributed by atoms with Crippen molar-refractivity contribution in [3.8, 4) is 0 Å². The first-order chi connectivity index (χ1) is 9.06. The third-order valence-corrected chi connectivity index (χ3v) is 4.22. The number of nitrogens with zero attached hydrogens (tertiary/aromatic N) is 2. The van der Waals surface area contributed by atoms with Gasteiger partial charge in [0, 0.05) is 31.1 Å². The maximum atomic E-state index is 11.9. The molecule has 1 aliphatic rings. The Kier molecular flexibility index (Phi) is 4.55. The molecule has 6 heteroatoms. The van der Waals surface area contributed by atoms with E-state index in [1.807, 2.05) is 20.0 Å². The zero-order valence-electron chi connectivity index (χ0n) is 11.3. The summed E-state index contributed by atoms with van der Waals surface area (Å²) in [6.45, 7) is 5.30. The lowest BCUT2D eigenvalue weighted by Gasteiger charge is -2.32. The quantitative estimate of drug-likeness (QED) is 0.881. The van der Waals surface area contributed by atoms with E-state index in [2.05, 4.69) is 10.2 Å². The van der Waals surface area contributed by atoms with Crippen molar-refractivity contribution in [3.63, 3.8) is 0 Å². The molecule has 1 aromatic rings. The van der Waals surface area contributed by atoms with Gasteiger partial charge in [-0.3, -0.25) is 9.59 Å². The predicted octanol–water partition coefficient (Wildman–Crippen LogP) is 0.560. The number of nitrogens with one attached hydrogen (secondary N) is 1. The standard InChI is InChI=1S/C13H19N3O2S/c1-10-3-4-11(19-10)13(18)14-9-12(17)16-7-5-15(2)6-8-16/h3-4H,5-9H2,1-2H3,(H,14,18). The Hall–Kier alpha value is -1.40. The van der Waals surface area contributed by atoms with Gasteiger partial charge in [-0.25, -0.2) is 0 Å². The smallest absolute Gasteiger partial charge is 0.261 e. The topological polar surface area (TPSA) is 52.7 Å². The van der Waals surface area contributed by atoms with Crippen molar-refractivity contribution in [1.82, 2.24) is 15.1 Å². The lowest BCUT2D eigenvalue weighted by molar-refractivity contribution is -0.131. The van der Waals surface area contributed by atoms with Gasteiger partial charge in [0.2, 0.25) is 5.91 Å². The number of thiophene rings is 1. The molecule has 0 saturated carbocycles. The summed E-state index contributed by atoms with van der Waals surface area (Å²) >= 11 is 1.44. The molecule has 2 rings (SSSR count). The molecule has 104 valence electrons. The molecule has 1 fully saturated rings. The molecule has 0 unspecified atom stereocenters. The zero-order valence-corrected chi connectivity index (χ0v) is 12.1. The molecule has 0 radical (unpaired) electrons. The van der Waals surface area contributed by atoms with E-state index in [4.69, 9.17) is 0 Å². The lowest BCUT2D eigenvalue weighted by atomic mass is 10.3. The number of amides is 2. The van der Waals surface area contributed by atoms with Gasteiger partial charge in [0.15, 0.2) is 0 Å². The van der Waals surface area contributed by atoms with Crippen LogP contribution in [0.1, 0.15) is 14.5 Å². The van der Waals surface area contributed by atoms with Crippen LogP contribution in [0.4, 0.5) is 0 Å². The van der Waals surface area contributed by atoms with Crippen molar-refractivity contribution in [2.75, 3.05) is 39.8 Å². The van der Waals surface area contributed by atoms with Crippen molar-refractivity contribution < 1.29 is 9.59 Å². The summed E-state index contributed by atoms with van der Waals surface area (Å²) < 4.78 is 0. The first-order valence-corrected chi connectivity index (χ1v) is 7.19. The highest BCUT2D eigenvalue weighted by molar-refractivity contribution is 7.13. The van der Waals surface area contributed by atoms with Crippen molar-refractivity contribution in [3.05, 3.63) is 21.9 Å². The molecule has 2 heterocycles. The molecular formula is C13H19N3O2S. The summed E-state index contributed by atoms with van der Waals surface area (Å²) in [5.74, 6) is -0.171. The first-order valence-electron chi connectivity index (χ1n) is 6.37. The molecule has 2 amide bonds. The van der Waals surface area contributed by atoms with E-state index < -0.39 is 0 Å². The number of hydrogen-bond donors (Lipinski definition) is 1. The molecule has 1 N–H and O–H groups in total. The number of aryl methyl sites for hydroxylation is 1. The fourth-order valence-corrected chi connectivity index (χ4v) is 2.75. The minimum absolute atomic E-state index is 0.00488. The van der Waals surface area contributed by atoms with Crippen LogP contribution in [-0.4, -0.2) is 61.4 Å². The molecule has 0 spiro atoms. The fraction of sp³-hybridized carbons (Fsp3) is 0.538. The summed E-state index contributed by atoms with van der Waals surface area (Å²) in [7, 11) is 2.04. The zero-order chi connectivity index (χ0) is 13.8. The van der Waals surface area contributed by atoms with E-state index in [0.29, 0.717) is 4.88 Å². The fourth-order valence-electron chi connectivity index (χ4n) is 1.97. The molecule has 1 saturated heterocycles.